The molecule has 1 aliphatic rings. The molecule has 0 atom stereocenters. The summed E-state index contributed by atoms with van der Waals surface area (Å²) in [5, 5.41) is 9.74. The zero-order valence-corrected chi connectivity index (χ0v) is 15.1. The van der Waals surface area contributed by atoms with Crippen LogP contribution in [-0.2, 0) is 11.8 Å². The van der Waals surface area contributed by atoms with Crippen molar-refractivity contribution in [2.45, 2.75) is 19.4 Å². The van der Waals surface area contributed by atoms with Gasteiger partial charge in [0.2, 0.25) is 0 Å². The highest BCUT2D eigenvalue weighted by Gasteiger charge is 2.29. The fraction of sp³-hybridized carbons (Fsp3) is 0.562. The predicted octanol–water partition coefficient (Wildman–Crippen LogP) is 1.38. The van der Waals surface area contributed by atoms with Gasteiger partial charge in [-0.3, -0.25) is 14.4 Å². The Balaban J connectivity index is 1.60. The van der Waals surface area contributed by atoms with Gasteiger partial charge in [-0.25, -0.2) is 4.98 Å². The molecule has 3 rings (SSSR count). The van der Waals surface area contributed by atoms with Crippen LogP contribution in [0.4, 0.5) is 0 Å². The molecule has 7 nitrogen and oxygen atoms in total. The van der Waals surface area contributed by atoms with Crippen LogP contribution in [-0.4, -0.2) is 64.0 Å². The predicted molar refractivity (Wildman–Crippen MR) is 93.1 cm³/mol. The molecular weight excluding hydrogens is 326 g/mol. The van der Waals surface area contributed by atoms with Crippen molar-refractivity contribution in [1.29, 1.82) is 0 Å². The van der Waals surface area contributed by atoms with Crippen LogP contribution in [0.1, 0.15) is 24.3 Å². The lowest BCUT2D eigenvalue weighted by atomic mass is 10.0. The highest BCUT2D eigenvalue weighted by molar-refractivity contribution is 7.13. The summed E-state index contributed by atoms with van der Waals surface area (Å²) >= 11 is 1.45. The van der Waals surface area contributed by atoms with Crippen molar-refractivity contribution >= 4 is 17.2 Å². The number of hydrogen-bond donors (Lipinski definition) is 1. The van der Waals surface area contributed by atoms with Gasteiger partial charge in [0.05, 0.1) is 19.4 Å². The molecular formula is C16H23N5O2S. The van der Waals surface area contributed by atoms with Gasteiger partial charge in [-0.15, -0.1) is 11.3 Å². The Morgan fingerprint density at radius 1 is 1.42 bits per heavy atom. The maximum atomic E-state index is 12.4. The minimum absolute atomic E-state index is 0.109. The molecule has 1 aliphatic heterocycles. The Labute approximate surface area is 145 Å². The van der Waals surface area contributed by atoms with Crippen molar-refractivity contribution in [1.82, 2.24) is 25.0 Å². The molecule has 1 saturated heterocycles. The Morgan fingerprint density at radius 2 is 2.17 bits per heavy atom. The summed E-state index contributed by atoms with van der Waals surface area (Å²) in [6, 6.07) is 0. The first-order valence-corrected chi connectivity index (χ1v) is 8.89. The van der Waals surface area contributed by atoms with E-state index in [0.717, 1.165) is 36.9 Å². The fourth-order valence-corrected chi connectivity index (χ4v) is 3.49. The molecule has 2 aromatic rings. The third-order valence-electron chi connectivity index (χ3n) is 4.24. The fourth-order valence-electron chi connectivity index (χ4n) is 2.71. The Morgan fingerprint density at radius 3 is 2.83 bits per heavy atom. The normalized spacial score (nSPS) is 16.3. The van der Waals surface area contributed by atoms with Crippen LogP contribution in [0.5, 0.6) is 0 Å². The molecule has 1 N–H and O–H groups in total. The molecule has 0 aliphatic carbocycles. The van der Waals surface area contributed by atoms with Gasteiger partial charge in [0.25, 0.3) is 5.91 Å². The number of nitrogens with zero attached hydrogens (tertiary/aromatic N) is 4. The number of thiazole rings is 1. The number of carbonyl (C=O) groups excluding carboxylic acids is 1. The van der Waals surface area contributed by atoms with E-state index in [4.69, 9.17) is 4.74 Å². The summed E-state index contributed by atoms with van der Waals surface area (Å²) in [6.45, 7) is 8.14. The van der Waals surface area contributed by atoms with E-state index >= 15 is 0 Å². The lowest BCUT2D eigenvalue weighted by molar-refractivity contribution is -0.00924. The van der Waals surface area contributed by atoms with Crippen LogP contribution in [0.3, 0.4) is 0 Å². The molecule has 0 bridgehead atoms. The van der Waals surface area contributed by atoms with E-state index in [0.29, 0.717) is 12.2 Å². The number of aryl methyl sites for hydroxylation is 1. The second-order valence-corrected chi connectivity index (χ2v) is 7.39. The van der Waals surface area contributed by atoms with Crippen molar-refractivity contribution in [3.05, 3.63) is 23.5 Å². The standard InChI is InChI=1S/C16H23N5O2S/c1-16(2,21-4-6-23-7-5-21)11-17-14(22)13-10-24-15(19-13)12-8-18-20(3)9-12/h8-10H,4-7,11H2,1-3H3,(H,17,22). The van der Waals surface area contributed by atoms with Crippen molar-refractivity contribution in [2.75, 3.05) is 32.8 Å². The van der Waals surface area contributed by atoms with Crippen molar-refractivity contribution < 1.29 is 9.53 Å². The van der Waals surface area contributed by atoms with Gasteiger partial charge in [0.15, 0.2) is 0 Å². The van der Waals surface area contributed by atoms with E-state index in [9.17, 15) is 4.79 Å². The van der Waals surface area contributed by atoms with Crippen molar-refractivity contribution in [2.24, 2.45) is 7.05 Å². The van der Waals surface area contributed by atoms with Crippen LogP contribution in [0.15, 0.2) is 17.8 Å². The quantitative estimate of drug-likeness (QED) is 0.883. The van der Waals surface area contributed by atoms with Crippen LogP contribution < -0.4 is 5.32 Å². The van der Waals surface area contributed by atoms with E-state index in [1.165, 1.54) is 11.3 Å². The molecule has 1 fully saturated rings. The molecule has 3 heterocycles. The zero-order valence-electron chi connectivity index (χ0n) is 14.3. The highest BCUT2D eigenvalue weighted by Crippen LogP contribution is 2.23. The Hall–Kier alpha value is -1.77. The lowest BCUT2D eigenvalue weighted by Gasteiger charge is -2.40. The monoisotopic (exact) mass is 349 g/mol. The van der Waals surface area contributed by atoms with Crippen molar-refractivity contribution in [3.63, 3.8) is 0 Å². The number of rotatable bonds is 5. The topological polar surface area (TPSA) is 72.3 Å². The first-order chi connectivity index (χ1) is 11.5. The summed E-state index contributed by atoms with van der Waals surface area (Å²) in [5.41, 5.74) is 1.27. The minimum atomic E-state index is -0.136. The molecule has 1 amide bonds. The number of morpholine rings is 1. The van der Waals surface area contributed by atoms with E-state index in [1.807, 2.05) is 13.2 Å². The van der Waals surface area contributed by atoms with Crippen molar-refractivity contribution in [3.8, 4) is 10.6 Å². The Bertz CT molecular complexity index is 703. The maximum absolute atomic E-state index is 12.4. The summed E-state index contributed by atoms with van der Waals surface area (Å²) in [7, 11) is 1.86. The van der Waals surface area contributed by atoms with Gasteiger partial charge in [-0.1, -0.05) is 0 Å². The number of aromatic nitrogens is 3. The van der Waals surface area contributed by atoms with Gasteiger partial charge in [-0.2, -0.15) is 5.10 Å². The molecule has 0 unspecified atom stereocenters. The summed E-state index contributed by atoms with van der Waals surface area (Å²) in [5.74, 6) is -0.136. The number of nitrogens with one attached hydrogen (secondary N) is 1. The number of hydrogen-bond acceptors (Lipinski definition) is 6. The smallest absolute Gasteiger partial charge is 0.270 e. The van der Waals surface area contributed by atoms with Crippen LogP contribution in [0.25, 0.3) is 10.6 Å². The van der Waals surface area contributed by atoms with E-state index < -0.39 is 0 Å². The molecule has 2 aromatic heterocycles. The van der Waals surface area contributed by atoms with Gasteiger partial charge in [-0.05, 0) is 13.8 Å². The number of carbonyl (C=O) groups is 1. The summed E-state index contributed by atoms with van der Waals surface area (Å²) < 4.78 is 7.12. The summed E-state index contributed by atoms with van der Waals surface area (Å²) in [6.07, 6.45) is 3.64. The average molecular weight is 349 g/mol. The zero-order chi connectivity index (χ0) is 17.2. The molecule has 24 heavy (non-hydrogen) atoms. The second kappa shape index (κ2) is 7.00. The first-order valence-electron chi connectivity index (χ1n) is 8.01. The second-order valence-electron chi connectivity index (χ2n) is 6.54. The van der Waals surface area contributed by atoms with E-state index in [2.05, 4.69) is 34.1 Å². The van der Waals surface area contributed by atoms with Crippen LogP contribution in [0.2, 0.25) is 0 Å². The van der Waals surface area contributed by atoms with E-state index in [-0.39, 0.29) is 11.4 Å². The first kappa shape index (κ1) is 17.1. The van der Waals surface area contributed by atoms with E-state index in [1.54, 1.807) is 16.3 Å². The van der Waals surface area contributed by atoms with Gasteiger partial charge in [0, 0.05) is 49.4 Å². The molecule has 0 saturated carbocycles. The third-order valence-corrected chi connectivity index (χ3v) is 5.13. The SMILES string of the molecule is Cn1cc(-c2nc(C(=O)NCC(C)(C)N3CCOCC3)cs2)cn1. The van der Waals surface area contributed by atoms with Gasteiger partial charge < -0.3 is 10.1 Å². The molecule has 8 heteroatoms. The van der Waals surface area contributed by atoms with Gasteiger partial charge >= 0.3 is 0 Å². The molecule has 0 radical (unpaired) electrons. The molecule has 0 aromatic carbocycles. The minimum Gasteiger partial charge on any atom is -0.379 e. The van der Waals surface area contributed by atoms with Crippen LogP contribution >= 0.6 is 11.3 Å². The van der Waals surface area contributed by atoms with Crippen LogP contribution in [0, 0.1) is 0 Å². The summed E-state index contributed by atoms with van der Waals surface area (Å²) in [4.78, 5) is 19.2. The molecule has 0 spiro atoms. The third kappa shape index (κ3) is 3.82. The number of amides is 1. The average Bonchev–Trinajstić information content (AvgIpc) is 3.22. The number of ether oxygens (including phenoxy) is 1. The molecule has 130 valence electrons. The highest BCUT2D eigenvalue weighted by atomic mass is 32.1. The largest absolute Gasteiger partial charge is 0.379 e. The maximum Gasteiger partial charge on any atom is 0.270 e. The Kier molecular flexibility index (Phi) is 4.98. The lowest BCUT2D eigenvalue weighted by Crippen LogP contribution is -2.55. The van der Waals surface area contributed by atoms with Gasteiger partial charge in [0.1, 0.15) is 10.7 Å².